The van der Waals surface area contributed by atoms with Crippen LogP contribution in [0.4, 0.5) is 11.4 Å². The van der Waals surface area contributed by atoms with Crippen molar-refractivity contribution >= 4 is 17.2 Å². The summed E-state index contributed by atoms with van der Waals surface area (Å²) >= 11 is 0. The van der Waals surface area contributed by atoms with Gasteiger partial charge in [-0.05, 0) is 35.2 Å². The maximum absolute atomic E-state index is 6.45. The Morgan fingerprint density at radius 1 is 1.00 bits per heavy atom. The van der Waals surface area contributed by atoms with Crippen LogP contribution in [0.15, 0.2) is 71.7 Å². The monoisotopic (exact) mass is 327 g/mol. The molecule has 0 saturated carbocycles. The normalized spacial score (nSPS) is 12.9. The second kappa shape index (κ2) is 6.44. The maximum Gasteiger partial charge on any atom is 0.132 e. The Bertz CT molecular complexity index is 957. The number of benzene rings is 3. The summed E-state index contributed by atoms with van der Waals surface area (Å²) < 4.78 is 0. The highest BCUT2D eigenvalue weighted by Gasteiger charge is 2.19. The Labute approximate surface area is 148 Å². The first kappa shape index (κ1) is 15.5. The second-order valence-electron chi connectivity index (χ2n) is 6.22. The highest BCUT2D eigenvalue weighted by Crippen LogP contribution is 2.38. The largest absolute Gasteiger partial charge is 0.383 e. The van der Waals surface area contributed by atoms with Crippen LogP contribution < -0.4 is 11.1 Å². The maximum atomic E-state index is 6.45. The summed E-state index contributed by atoms with van der Waals surface area (Å²) in [4.78, 5) is 4.75. The highest BCUT2D eigenvalue weighted by atomic mass is 14.9. The summed E-state index contributed by atoms with van der Waals surface area (Å²) in [6.45, 7) is 2.97. The molecular formula is C22H21N3. The van der Waals surface area contributed by atoms with Crippen molar-refractivity contribution in [2.45, 2.75) is 19.9 Å². The van der Waals surface area contributed by atoms with Gasteiger partial charge in [-0.1, -0.05) is 61.5 Å². The molecule has 0 fully saturated rings. The Hall–Kier alpha value is -3.07. The van der Waals surface area contributed by atoms with Gasteiger partial charge in [0.2, 0.25) is 0 Å². The summed E-state index contributed by atoms with van der Waals surface area (Å²) in [5, 5.41) is 3.49. The van der Waals surface area contributed by atoms with Crippen LogP contribution in [0.5, 0.6) is 0 Å². The molecule has 1 heterocycles. The number of rotatable bonds is 3. The van der Waals surface area contributed by atoms with Gasteiger partial charge in [0.15, 0.2) is 0 Å². The average Bonchev–Trinajstić information content (AvgIpc) is 2.67. The molecule has 4 rings (SSSR count). The van der Waals surface area contributed by atoms with Crippen molar-refractivity contribution in [2.24, 2.45) is 10.7 Å². The molecule has 3 aromatic rings. The number of nitrogens with two attached hydrogens (primary N) is 1. The van der Waals surface area contributed by atoms with E-state index in [1.54, 1.807) is 0 Å². The summed E-state index contributed by atoms with van der Waals surface area (Å²) in [5.74, 6) is 0.552. The fraction of sp³-hybridized carbons (Fsp3) is 0.136. The van der Waals surface area contributed by atoms with E-state index in [0.29, 0.717) is 5.84 Å². The number of nitrogens with zero attached hydrogens (tertiary/aromatic N) is 1. The molecule has 0 unspecified atom stereocenters. The minimum Gasteiger partial charge on any atom is -0.383 e. The van der Waals surface area contributed by atoms with E-state index in [-0.39, 0.29) is 0 Å². The van der Waals surface area contributed by atoms with E-state index in [9.17, 15) is 0 Å². The highest BCUT2D eigenvalue weighted by molar-refractivity contribution is 6.08. The molecule has 0 saturated heterocycles. The molecule has 0 amide bonds. The Morgan fingerprint density at radius 3 is 2.68 bits per heavy atom. The molecule has 124 valence electrons. The van der Waals surface area contributed by atoms with E-state index in [1.807, 2.05) is 24.3 Å². The van der Waals surface area contributed by atoms with Crippen LogP contribution in [0.25, 0.3) is 11.1 Å². The van der Waals surface area contributed by atoms with Crippen LogP contribution in [-0.2, 0) is 13.0 Å². The van der Waals surface area contributed by atoms with Gasteiger partial charge in [-0.2, -0.15) is 0 Å². The van der Waals surface area contributed by atoms with E-state index in [1.165, 1.54) is 16.7 Å². The summed E-state index contributed by atoms with van der Waals surface area (Å²) in [6, 6.07) is 22.8. The lowest BCUT2D eigenvalue weighted by Gasteiger charge is -2.24. The molecule has 0 radical (unpaired) electrons. The fourth-order valence-corrected chi connectivity index (χ4v) is 3.42. The van der Waals surface area contributed by atoms with Gasteiger partial charge in [-0.15, -0.1) is 0 Å². The van der Waals surface area contributed by atoms with Crippen LogP contribution in [0.1, 0.15) is 23.6 Å². The number of aliphatic imine (C=N–C) groups is 1. The summed E-state index contributed by atoms with van der Waals surface area (Å²) in [5.41, 5.74) is 14.3. The molecule has 0 aromatic heterocycles. The van der Waals surface area contributed by atoms with Crippen molar-refractivity contribution < 1.29 is 0 Å². The third-order valence-electron chi connectivity index (χ3n) is 4.71. The molecule has 3 N–H and O–H groups in total. The third kappa shape index (κ3) is 2.78. The smallest absolute Gasteiger partial charge is 0.132 e. The van der Waals surface area contributed by atoms with Crippen LogP contribution >= 0.6 is 0 Å². The first-order chi connectivity index (χ1) is 12.3. The van der Waals surface area contributed by atoms with Gasteiger partial charge in [-0.3, -0.25) is 0 Å². The number of amidine groups is 1. The number of para-hydroxylation sites is 1. The third-order valence-corrected chi connectivity index (χ3v) is 4.71. The van der Waals surface area contributed by atoms with E-state index in [4.69, 9.17) is 10.7 Å². The van der Waals surface area contributed by atoms with Crippen LogP contribution in [0.2, 0.25) is 0 Å². The predicted molar refractivity (Wildman–Crippen MR) is 105 cm³/mol. The molecule has 3 heteroatoms. The van der Waals surface area contributed by atoms with E-state index < -0.39 is 0 Å². The number of hydrogen-bond donors (Lipinski definition) is 2. The zero-order chi connectivity index (χ0) is 17.2. The zero-order valence-corrected chi connectivity index (χ0v) is 14.3. The molecule has 3 nitrogen and oxygen atoms in total. The van der Waals surface area contributed by atoms with Crippen LogP contribution in [0, 0.1) is 0 Å². The number of hydrogen-bond acceptors (Lipinski definition) is 2. The van der Waals surface area contributed by atoms with Gasteiger partial charge in [-0.25, -0.2) is 4.99 Å². The molecule has 0 bridgehead atoms. The van der Waals surface area contributed by atoms with Crippen LogP contribution in [-0.4, -0.2) is 5.84 Å². The molecule has 1 aliphatic rings. The van der Waals surface area contributed by atoms with Crippen molar-refractivity contribution in [3.05, 3.63) is 83.4 Å². The Kier molecular flexibility index (Phi) is 3.98. The summed E-state index contributed by atoms with van der Waals surface area (Å²) in [6.07, 6.45) is 0.935. The quantitative estimate of drug-likeness (QED) is 0.532. The lowest BCUT2D eigenvalue weighted by Crippen LogP contribution is -2.18. The minimum atomic E-state index is 0.552. The number of aryl methyl sites for hydroxylation is 1. The van der Waals surface area contributed by atoms with E-state index in [2.05, 4.69) is 54.7 Å². The average molecular weight is 327 g/mol. The van der Waals surface area contributed by atoms with Gasteiger partial charge >= 0.3 is 0 Å². The topological polar surface area (TPSA) is 50.4 Å². The zero-order valence-electron chi connectivity index (χ0n) is 14.3. The first-order valence-electron chi connectivity index (χ1n) is 8.65. The van der Waals surface area contributed by atoms with Crippen molar-refractivity contribution in [1.29, 1.82) is 0 Å². The molecule has 3 aromatic carbocycles. The SMILES string of the molecule is CCc1ccccc1N=C(N)c1cccc2c1-c1ccccc1CN2. The first-order valence-corrected chi connectivity index (χ1v) is 8.65. The van der Waals surface area contributed by atoms with Gasteiger partial charge in [0.05, 0.1) is 5.69 Å². The molecule has 0 spiro atoms. The Balaban J connectivity index is 1.87. The van der Waals surface area contributed by atoms with Crippen molar-refractivity contribution in [3.63, 3.8) is 0 Å². The van der Waals surface area contributed by atoms with Crippen LogP contribution in [0.3, 0.4) is 0 Å². The molecule has 25 heavy (non-hydrogen) atoms. The number of fused-ring (bicyclic) bond motifs is 3. The van der Waals surface area contributed by atoms with Gasteiger partial charge in [0, 0.05) is 23.4 Å². The standard InChI is InChI=1S/C22H21N3/c1-2-15-8-4-6-12-19(15)25-22(23)18-11-7-13-20-21(18)17-10-5-3-9-16(17)14-24-20/h3-13,24H,2,14H2,1H3,(H2,23,25). The summed E-state index contributed by atoms with van der Waals surface area (Å²) in [7, 11) is 0. The van der Waals surface area contributed by atoms with E-state index >= 15 is 0 Å². The fourth-order valence-electron chi connectivity index (χ4n) is 3.42. The van der Waals surface area contributed by atoms with Gasteiger partial charge < -0.3 is 11.1 Å². The van der Waals surface area contributed by atoms with Crippen molar-refractivity contribution in [1.82, 2.24) is 0 Å². The number of anilines is 1. The molecule has 1 aliphatic heterocycles. The van der Waals surface area contributed by atoms with Gasteiger partial charge in [0.25, 0.3) is 0 Å². The molecule has 0 aliphatic carbocycles. The van der Waals surface area contributed by atoms with E-state index in [0.717, 1.165) is 35.5 Å². The lowest BCUT2D eigenvalue weighted by molar-refractivity contribution is 1.12. The molecule has 0 atom stereocenters. The predicted octanol–water partition coefficient (Wildman–Crippen LogP) is 4.88. The lowest BCUT2D eigenvalue weighted by atomic mass is 9.90. The second-order valence-corrected chi connectivity index (χ2v) is 6.22. The Morgan fingerprint density at radius 2 is 1.80 bits per heavy atom. The minimum absolute atomic E-state index is 0.552. The van der Waals surface area contributed by atoms with Crippen molar-refractivity contribution in [3.8, 4) is 11.1 Å². The van der Waals surface area contributed by atoms with Gasteiger partial charge in [0.1, 0.15) is 5.84 Å². The number of nitrogens with one attached hydrogen (secondary N) is 1. The van der Waals surface area contributed by atoms with Crippen molar-refractivity contribution in [2.75, 3.05) is 5.32 Å². The molecular weight excluding hydrogens is 306 g/mol.